The Balaban J connectivity index is 1.92. The molecule has 130 valence electrons. The van der Waals surface area contributed by atoms with Crippen molar-refractivity contribution in [3.8, 4) is 0 Å². The standard InChI is InChI=1S/C16H21N3O4S/c1-18-13-9-8-12(10-14(13)19(2)16(18)21)24(22,23)17-15(20)11-6-4-3-5-7-11/h8-11H,3-7H2,1-2H3,(H,17,20). The number of carbonyl (C=O) groups excluding carboxylic acids is 1. The molecule has 1 fully saturated rings. The molecule has 1 aromatic carbocycles. The first-order valence-corrected chi connectivity index (χ1v) is 9.52. The number of hydrogen-bond donors (Lipinski definition) is 1. The van der Waals surface area contributed by atoms with Gasteiger partial charge in [-0.15, -0.1) is 0 Å². The third kappa shape index (κ3) is 2.86. The number of rotatable bonds is 3. The van der Waals surface area contributed by atoms with Crippen LogP contribution >= 0.6 is 0 Å². The summed E-state index contributed by atoms with van der Waals surface area (Å²) >= 11 is 0. The maximum Gasteiger partial charge on any atom is 0.328 e. The largest absolute Gasteiger partial charge is 0.328 e. The van der Waals surface area contributed by atoms with E-state index in [1.54, 1.807) is 20.2 Å². The van der Waals surface area contributed by atoms with Crippen molar-refractivity contribution < 1.29 is 13.2 Å². The van der Waals surface area contributed by atoms with E-state index in [4.69, 9.17) is 0 Å². The number of aryl methyl sites for hydroxylation is 2. The van der Waals surface area contributed by atoms with Crippen LogP contribution in [0.1, 0.15) is 32.1 Å². The fourth-order valence-electron chi connectivity index (χ4n) is 3.29. The van der Waals surface area contributed by atoms with Crippen molar-refractivity contribution in [2.24, 2.45) is 20.0 Å². The van der Waals surface area contributed by atoms with Crippen molar-refractivity contribution in [1.29, 1.82) is 0 Å². The predicted molar refractivity (Wildman–Crippen MR) is 90.1 cm³/mol. The summed E-state index contributed by atoms with van der Waals surface area (Å²) in [6.45, 7) is 0. The summed E-state index contributed by atoms with van der Waals surface area (Å²) in [6, 6.07) is 4.42. The van der Waals surface area contributed by atoms with Gasteiger partial charge in [0.2, 0.25) is 5.91 Å². The van der Waals surface area contributed by atoms with E-state index in [1.807, 2.05) is 0 Å². The lowest BCUT2D eigenvalue weighted by Crippen LogP contribution is -2.36. The third-order valence-corrected chi connectivity index (χ3v) is 6.11. The van der Waals surface area contributed by atoms with Crippen LogP contribution in [0.5, 0.6) is 0 Å². The molecule has 1 N–H and O–H groups in total. The Bertz CT molecular complexity index is 950. The van der Waals surface area contributed by atoms with Gasteiger partial charge in [0.25, 0.3) is 10.0 Å². The van der Waals surface area contributed by atoms with Crippen LogP contribution < -0.4 is 10.4 Å². The van der Waals surface area contributed by atoms with Crippen molar-refractivity contribution in [2.45, 2.75) is 37.0 Å². The van der Waals surface area contributed by atoms with Crippen LogP contribution in [0.25, 0.3) is 11.0 Å². The quantitative estimate of drug-likeness (QED) is 0.901. The van der Waals surface area contributed by atoms with Crippen molar-refractivity contribution >= 4 is 27.0 Å². The van der Waals surface area contributed by atoms with Gasteiger partial charge in [-0.1, -0.05) is 19.3 Å². The Hall–Kier alpha value is -2.09. The van der Waals surface area contributed by atoms with E-state index < -0.39 is 15.9 Å². The molecular formula is C16H21N3O4S. The van der Waals surface area contributed by atoms with Gasteiger partial charge in [-0.2, -0.15) is 0 Å². The molecule has 3 rings (SSSR count). The van der Waals surface area contributed by atoms with Crippen LogP contribution in [0.2, 0.25) is 0 Å². The predicted octanol–water partition coefficient (Wildman–Crippen LogP) is 1.26. The molecule has 24 heavy (non-hydrogen) atoms. The molecule has 1 aliphatic rings. The van der Waals surface area contributed by atoms with Crippen LogP contribution in [0, 0.1) is 5.92 Å². The Morgan fingerprint density at radius 3 is 2.38 bits per heavy atom. The van der Waals surface area contributed by atoms with Gasteiger partial charge >= 0.3 is 5.69 Å². The number of amides is 1. The Labute approximate surface area is 140 Å². The minimum atomic E-state index is -3.94. The van der Waals surface area contributed by atoms with E-state index >= 15 is 0 Å². The Kier molecular flexibility index (Phi) is 4.25. The normalized spacial score (nSPS) is 16.4. The fraction of sp³-hybridized carbons (Fsp3) is 0.500. The molecule has 1 saturated carbocycles. The molecule has 0 aliphatic heterocycles. The summed E-state index contributed by atoms with van der Waals surface area (Å²) < 4.78 is 30.0. The number of nitrogens with one attached hydrogen (secondary N) is 1. The first kappa shape index (κ1) is 16.8. The molecule has 0 unspecified atom stereocenters. The smallest absolute Gasteiger partial charge is 0.295 e. The maximum absolute atomic E-state index is 12.5. The van der Waals surface area contributed by atoms with Gasteiger partial charge in [0.1, 0.15) is 0 Å². The number of imidazole rings is 1. The number of sulfonamides is 1. The minimum Gasteiger partial charge on any atom is -0.295 e. The number of fused-ring (bicyclic) bond motifs is 1. The monoisotopic (exact) mass is 351 g/mol. The highest BCUT2D eigenvalue weighted by atomic mass is 32.2. The first-order chi connectivity index (χ1) is 11.3. The van der Waals surface area contributed by atoms with Crippen molar-refractivity contribution in [2.75, 3.05) is 0 Å². The third-order valence-electron chi connectivity index (χ3n) is 4.76. The van der Waals surface area contributed by atoms with E-state index in [2.05, 4.69) is 4.72 Å². The average Bonchev–Trinajstić information content (AvgIpc) is 2.79. The number of aromatic nitrogens is 2. The van der Waals surface area contributed by atoms with Gasteiger partial charge in [0.15, 0.2) is 0 Å². The molecule has 0 atom stereocenters. The Morgan fingerprint density at radius 2 is 1.71 bits per heavy atom. The first-order valence-electron chi connectivity index (χ1n) is 8.03. The molecule has 0 bridgehead atoms. The van der Waals surface area contributed by atoms with Crippen LogP contribution in [0.4, 0.5) is 0 Å². The van der Waals surface area contributed by atoms with Gasteiger partial charge in [-0.05, 0) is 31.0 Å². The molecule has 0 spiro atoms. The minimum absolute atomic E-state index is 0.0136. The lowest BCUT2D eigenvalue weighted by atomic mass is 9.89. The SMILES string of the molecule is Cn1c(=O)n(C)c2cc(S(=O)(=O)NC(=O)C3CCCCC3)ccc21. The molecule has 8 heteroatoms. The number of carbonyl (C=O) groups is 1. The highest BCUT2D eigenvalue weighted by molar-refractivity contribution is 7.90. The second kappa shape index (κ2) is 6.08. The van der Waals surface area contributed by atoms with Crippen LogP contribution in [0.15, 0.2) is 27.9 Å². The summed E-state index contributed by atoms with van der Waals surface area (Å²) in [5, 5.41) is 0. The van der Waals surface area contributed by atoms with Crippen LogP contribution in [0.3, 0.4) is 0 Å². The van der Waals surface area contributed by atoms with Crippen molar-refractivity contribution in [3.05, 3.63) is 28.7 Å². The molecule has 1 aliphatic carbocycles. The number of nitrogens with zero attached hydrogens (tertiary/aromatic N) is 2. The lowest BCUT2D eigenvalue weighted by Gasteiger charge is -2.20. The maximum atomic E-state index is 12.5. The van der Waals surface area contributed by atoms with Gasteiger partial charge in [0, 0.05) is 20.0 Å². The Morgan fingerprint density at radius 1 is 1.08 bits per heavy atom. The second-order valence-corrected chi connectivity index (χ2v) is 8.04. The van der Waals surface area contributed by atoms with E-state index in [0.29, 0.717) is 11.0 Å². The topological polar surface area (TPSA) is 90.2 Å². The molecular weight excluding hydrogens is 330 g/mol. The number of hydrogen-bond acceptors (Lipinski definition) is 4. The van der Waals surface area contributed by atoms with Gasteiger partial charge < -0.3 is 0 Å². The van der Waals surface area contributed by atoms with Crippen LogP contribution in [-0.4, -0.2) is 23.5 Å². The molecule has 1 heterocycles. The summed E-state index contributed by atoms with van der Waals surface area (Å²) in [7, 11) is -0.731. The summed E-state index contributed by atoms with van der Waals surface area (Å²) in [4.78, 5) is 24.2. The molecule has 7 nitrogen and oxygen atoms in total. The summed E-state index contributed by atoms with van der Waals surface area (Å²) in [5.74, 6) is -0.671. The molecule has 1 amide bonds. The summed E-state index contributed by atoms with van der Waals surface area (Å²) in [6.07, 6.45) is 4.46. The van der Waals surface area contributed by atoms with Crippen molar-refractivity contribution in [3.63, 3.8) is 0 Å². The van der Waals surface area contributed by atoms with Gasteiger partial charge in [-0.25, -0.2) is 17.9 Å². The molecule has 0 saturated heterocycles. The fourth-order valence-corrected chi connectivity index (χ4v) is 4.36. The molecule has 0 radical (unpaired) electrons. The highest BCUT2D eigenvalue weighted by Gasteiger charge is 2.26. The molecule has 1 aromatic heterocycles. The molecule has 2 aromatic rings. The number of benzene rings is 1. The zero-order chi connectivity index (χ0) is 17.5. The van der Waals surface area contributed by atoms with Gasteiger partial charge in [-0.3, -0.25) is 13.9 Å². The summed E-state index contributed by atoms with van der Waals surface area (Å²) in [5.41, 5.74) is 0.918. The highest BCUT2D eigenvalue weighted by Crippen LogP contribution is 2.24. The van der Waals surface area contributed by atoms with E-state index in [-0.39, 0.29) is 16.5 Å². The van der Waals surface area contributed by atoms with Gasteiger partial charge in [0.05, 0.1) is 15.9 Å². The van der Waals surface area contributed by atoms with Crippen molar-refractivity contribution in [1.82, 2.24) is 13.9 Å². The lowest BCUT2D eigenvalue weighted by molar-refractivity contribution is -0.124. The van der Waals surface area contributed by atoms with E-state index in [1.165, 1.54) is 21.3 Å². The van der Waals surface area contributed by atoms with E-state index in [0.717, 1.165) is 32.1 Å². The van der Waals surface area contributed by atoms with E-state index in [9.17, 15) is 18.0 Å². The van der Waals surface area contributed by atoms with Crippen LogP contribution in [-0.2, 0) is 28.9 Å². The average molecular weight is 351 g/mol. The zero-order valence-corrected chi connectivity index (χ0v) is 14.6. The zero-order valence-electron chi connectivity index (χ0n) is 13.8. The second-order valence-electron chi connectivity index (χ2n) is 6.36.